The van der Waals surface area contributed by atoms with Crippen LogP contribution < -0.4 is 0 Å². The van der Waals surface area contributed by atoms with E-state index in [-0.39, 0.29) is 35.5 Å². The van der Waals surface area contributed by atoms with Crippen LogP contribution in [0.1, 0.15) is 38.7 Å². The summed E-state index contributed by atoms with van der Waals surface area (Å²) in [5.41, 5.74) is 0.996. The number of hydrogen-bond donors (Lipinski definition) is 1. The van der Waals surface area contributed by atoms with Crippen molar-refractivity contribution in [2.24, 2.45) is 17.8 Å². The van der Waals surface area contributed by atoms with Crippen LogP contribution >= 0.6 is 11.8 Å². The Hall–Kier alpha value is -2.58. The lowest BCUT2D eigenvalue weighted by molar-refractivity contribution is -0.148. The molecule has 1 N–H and O–H groups in total. The molecule has 0 saturated carbocycles. The minimum absolute atomic E-state index is 0.000631. The van der Waals surface area contributed by atoms with Gasteiger partial charge in [-0.2, -0.15) is 0 Å². The maximum Gasteiger partial charge on any atom is 0.247 e. The van der Waals surface area contributed by atoms with E-state index >= 15 is 0 Å². The van der Waals surface area contributed by atoms with E-state index in [9.17, 15) is 19.5 Å². The predicted octanol–water partition coefficient (Wildman–Crippen LogP) is 3.34. The minimum Gasteiger partial charge on any atom is -0.394 e. The van der Waals surface area contributed by atoms with E-state index in [0.29, 0.717) is 26.1 Å². The number of nitrogens with zero attached hydrogens (tertiary/aromatic N) is 3. The van der Waals surface area contributed by atoms with Crippen molar-refractivity contribution < 1.29 is 19.5 Å². The van der Waals surface area contributed by atoms with Gasteiger partial charge in [-0.25, -0.2) is 0 Å². The summed E-state index contributed by atoms with van der Waals surface area (Å²) in [5, 5.41) is 10.5. The number of aliphatic hydroxyl groups is 1. The number of thioether (sulfide) groups is 1. The Balaban J connectivity index is 1.78. The molecule has 8 heteroatoms. The van der Waals surface area contributed by atoms with Gasteiger partial charge < -0.3 is 19.8 Å². The highest BCUT2D eigenvalue weighted by Gasteiger charge is 2.74. The van der Waals surface area contributed by atoms with Gasteiger partial charge in [0.2, 0.25) is 17.7 Å². The Kier molecular flexibility index (Phi) is 8.72. The molecule has 2 bridgehead atoms. The van der Waals surface area contributed by atoms with Gasteiger partial charge in [0.15, 0.2) is 0 Å². The van der Waals surface area contributed by atoms with Gasteiger partial charge in [0.05, 0.1) is 29.2 Å². The van der Waals surface area contributed by atoms with Crippen LogP contribution in [0, 0.1) is 17.8 Å². The molecule has 0 aliphatic carbocycles. The molecule has 206 valence electrons. The molecule has 3 aliphatic heterocycles. The zero-order valence-corrected chi connectivity index (χ0v) is 23.6. The summed E-state index contributed by atoms with van der Waals surface area (Å²) in [5.74, 6) is -1.43. The normalized spacial score (nSPS) is 29.1. The Morgan fingerprint density at radius 1 is 1.21 bits per heavy atom. The van der Waals surface area contributed by atoms with Crippen LogP contribution in [0.3, 0.4) is 0 Å². The molecule has 3 fully saturated rings. The fraction of sp³-hybridized carbons (Fsp3) is 0.567. The Labute approximate surface area is 230 Å². The first-order chi connectivity index (χ1) is 18.2. The second-order valence-corrected chi connectivity index (χ2v) is 12.5. The van der Waals surface area contributed by atoms with Crippen molar-refractivity contribution in [2.75, 3.05) is 26.7 Å². The van der Waals surface area contributed by atoms with Gasteiger partial charge in [-0.1, -0.05) is 62.8 Å². The molecule has 2 unspecified atom stereocenters. The van der Waals surface area contributed by atoms with E-state index in [2.05, 4.69) is 13.2 Å². The van der Waals surface area contributed by atoms with E-state index in [4.69, 9.17) is 0 Å². The number of carbonyl (C=O) groups is 3. The molecule has 1 aromatic rings. The number of fused-ring (bicyclic) bond motifs is 1. The van der Waals surface area contributed by atoms with Gasteiger partial charge in [-0.3, -0.25) is 14.4 Å². The third-order valence-corrected chi connectivity index (χ3v) is 10.7. The number of likely N-dealkylation sites (tertiary alicyclic amines) is 1. The molecule has 1 aromatic carbocycles. The number of benzene rings is 1. The van der Waals surface area contributed by atoms with Crippen LogP contribution in [0.4, 0.5) is 0 Å². The van der Waals surface area contributed by atoms with E-state index in [1.807, 2.05) is 44.2 Å². The second kappa shape index (κ2) is 11.7. The first kappa shape index (κ1) is 28.4. The van der Waals surface area contributed by atoms with Crippen molar-refractivity contribution >= 4 is 29.5 Å². The Morgan fingerprint density at radius 3 is 2.50 bits per heavy atom. The maximum absolute atomic E-state index is 14.5. The van der Waals surface area contributed by atoms with Crippen molar-refractivity contribution in [3.8, 4) is 0 Å². The fourth-order valence-corrected chi connectivity index (χ4v) is 8.92. The van der Waals surface area contributed by atoms with Crippen LogP contribution in [0.15, 0.2) is 55.6 Å². The van der Waals surface area contributed by atoms with Crippen LogP contribution in [0.2, 0.25) is 0 Å². The van der Waals surface area contributed by atoms with E-state index in [1.165, 1.54) is 0 Å². The molecule has 1 spiro atoms. The van der Waals surface area contributed by atoms with Gasteiger partial charge in [-0.15, -0.1) is 24.9 Å². The fourth-order valence-electron chi connectivity index (χ4n) is 6.73. The first-order valence-corrected chi connectivity index (χ1v) is 14.5. The standard InChI is InChI=1S/C30H41N3O4S/c1-6-16-31(5)27(35)24-23-14-15-30(38-23)25(24)28(36)33(22(19-34)20(4)8-3)26(30)29(37)32(17-7-2)18-21-12-10-9-11-13-21/h6-7,9-13,20,22-26,34H,1-2,8,14-19H2,3-5H3/t20-,22-,23-,24+,25-,26?,30?/m0/s1. The van der Waals surface area contributed by atoms with Gasteiger partial charge in [0.1, 0.15) is 6.04 Å². The first-order valence-electron chi connectivity index (χ1n) is 13.7. The molecule has 0 radical (unpaired) electrons. The third kappa shape index (κ3) is 4.70. The average Bonchev–Trinajstić information content (AvgIpc) is 3.56. The summed E-state index contributed by atoms with van der Waals surface area (Å²) in [6.45, 7) is 12.6. The monoisotopic (exact) mass is 539 g/mol. The number of likely N-dealkylation sites (N-methyl/N-ethyl adjacent to an activating group) is 1. The smallest absolute Gasteiger partial charge is 0.247 e. The van der Waals surface area contributed by atoms with Crippen molar-refractivity contribution in [1.82, 2.24) is 14.7 Å². The van der Waals surface area contributed by atoms with Gasteiger partial charge in [0, 0.05) is 31.9 Å². The van der Waals surface area contributed by atoms with Crippen molar-refractivity contribution in [3.05, 3.63) is 61.2 Å². The SMILES string of the molecule is C=CCN(C)C(=O)[C@@H]1[C@@H]2CCC3(S2)C(C(=O)N(CC=C)Cc2ccccc2)N([C@@H](CO)[C@@H](C)CC)C(=O)[C@H]13. The highest BCUT2D eigenvalue weighted by molar-refractivity contribution is 8.02. The van der Waals surface area contributed by atoms with Crippen molar-refractivity contribution in [3.63, 3.8) is 0 Å². The van der Waals surface area contributed by atoms with Crippen molar-refractivity contribution in [1.29, 1.82) is 0 Å². The number of carbonyl (C=O) groups excluding carboxylic acids is 3. The number of rotatable bonds is 12. The summed E-state index contributed by atoms with van der Waals surface area (Å²) < 4.78 is -0.689. The summed E-state index contributed by atoms with van der Waals surface area (Å²) in [6, 6.07) is 8.56. The molecule has 3 saturated heterocycles. The topological polar surface area (TPSA) is 81.2 Å². The number of amides is 3. The van der Waals surface area contributed by atoms with Crippen LogP contribution in [0.25, 0.3) is 0 Å². The predicted molar refractivity (Wildman–Crippen MR) is 151 cm³/mol. The van der Waals surface area contributed by atoms with Gasteiger partial charge in [-0.05, 0) is 24.3 Å². The quantitative estimate of drug-likeness (QED) is 0.412. The zero-order chi connectivity index (χ0) is 27.6. The van der Waals surface area contributed by atoms with Gasteiger partial charge >= 0.3 is 0 Å². The number of hydrogen-bond acceptors (Lipinski definition) is 5. The lowest BCUT2D eigenvalue weighted by Gasteiger charge is -2.41. The molecular formula is C30H41N3O4S. The number of aliphatic hydroxyl groups excluding tert-OH is 1. The highest BCUT2D eigenvalue weighted by atomic mass is 32.2. The molecule has 4 rings (SSSR count). The lowest BCUT2D eigenvalue weighted by Crippen LogP contribution is -2.58. The maximum atomic E-state index is 14.5. The molecule has 7 nitrogen and oxygen atoms in total. The van der Waals surface area contributed by atoms with Gasteiger partial charge in [0.25, 0.3) is 0 Å². The molecule has 3 heterocycles. The summed E-state index contributed by atoms with van der Waals surface area (Å²) in [4.78, 5) is 47.6. The molecule has 0 aromatic heterocycles. The summed E-state index contributed by atoms with van der Waals surface area (Å²) in [6.07, 6.45) is 5.65. The zero-order valence-electron chi connectivity index (χ0n) is 22.8. The second-order valence-electron chi connectivity index (χ2n) is 10.9. The van der Waals surface area contributed by atoms with Crippen LogP contribution in [-0.4, -0.2) is 86.4 Å². The van der Waals surface area contributed by atoms with Crippen LogP contribution in [0.5, 0.6) is 0 Å². The minimum atomic E-state index is -0.743. The molecule has 3 amide bonds. The van der Waals surface area contributed by atoms with E-state index in [1.54, 1.807) is 45.7 Å². The van der Waals surface area contributed by atoms with E-state index in [0.717, 1.165) is 18.4 Å². The van der Waals surface area contributed by atoms with Crippen molar-refractivity contribution in [2.45, 2.75) is 61.7 Å². The summed E-state index contributed by atoms with van der Waals surface area (Å²) in [7, 11) is 1.74. The van der Waals surface area contributed by atoms with E-state index < -0.39 is 28.7 Å². The largest absolute Gasteiger partial charge is 0.394 e. The Bertz CT molecular complexity index is 1060. The molecule has 3 aliphatic rings. The molecule has 7 atom stereocenters. The lowest BCUT2D eigenvalue weighted by atomic mass is 9.70. The Morgan fingerprint density at radius 2 is 1.89 bits per heavy atom. The highest BCUT2D eigenvalue weighted by Crippen LogP contribution is 2.67. The third-order valence-electron chi connectivity index (χ3n) is 8.76. The molecular weight excluding hydrogens is 498 g/mol. The summed E-state index contributed by atoms with van der Waals surface area (Å²) >= 11 is 1.66. The molecule has 38 heavy (non-hydrogen) atoms. The average molecular weight is 540 g/mol. The van der Waals surface area contributed by atoms with Crippen LogP contribution in [-0.2, 0) is 20.9 Å².